The maximum atomic E-state index is 12.2. The Morgan fingerprint density at radius 3 is 2.69 bits per heavy atom. The van der Waals surface area contributed by atoms with Crippen LogP contribution in [0.2, 0.25) is 0 Å². The van der Waals surface area contributed by atoms with Crippen LogP contribution in [-0.2, 0) is 11.3 Å². The number of benzene rings is 1. The van der Waals surface area contributed by atoms with E-state index in [1.54, 1.807) is 0 Å². The number of non-ortho nitro benzene ring substituents is 1. The molecular weight excluding hydrogens is 364 g/mol. The van der Waals surface area contributed by atoms with Gasteiger partial charge in [0.25, 0.3) is 5.69 Å². The number of rotatable bonds is 5. The standard InChI is InChI=1S/C16H20N4O5.ClH/c17-11-5-8-18(9-6-11)15(21)2-1-7-19-13-4-3-12(20(23)24)10-14(13)25-16(19)22;/h3-4,10-11H,1-2,5-9,17H2;1H. The summed E-state index contributed by atoms with van der Waals surface area (Å²) in [7, 11) is 0. The minimum absolute atomic E-state index is 0. The van der Waals surface area contributed by atoms with Crippen molar-refractivity contribution in [3.8, 4) is 0 Å². The lowest BCUT2D eigenvalue weighted by Crippen LogP contribution is -2.42. The molecule has 1 amide bonds. The molecule has 0 aliphatic carbocycles. The van der Waals surface area contributed by atoms with Gasteiger partial charge in [-0.05, 0) is 25.3 Å². The lowest BCUT2D eigenvalue weighted by Gasteiger charge is -2.30. The number of likely N-dealkylation sites (tertiary alicyclic amines) is 1. The number of nitrogens with zero attached hydrogens (tertiary/aromatic N) is 3. The molecule has 1 aliphatic rings. The summed E-state index contributed by atoms with van der Waals surface area (Å²) in [5, 5.41) is 10.8. The van der Waals surface area contributed by atoms with Crippen molar-refractivity contribution in [1.82, 2.24) is 9.47 Å². The van der Waals surface area contributed by atoms with Crippen molar-refractivity contribution < 1.29 is 14.1 Å². The molecule has 0 radical (unpaired) electrons. The van der Waals surface area contributed by atoms with E-state index in [0.29, 0.717) is 38.0 Å². The summed E-state index contributed by atoms with van der Waals surface area (Å²) in [5.74, 6) is -0.518. The summed E-state index contributed by atoms with van der Waals surface area (Å²) in [6.45, 7) is 1.68. The molecule has 2 aromatic rings. The van der Waals surface area contributed by atoms with Gasteiger partial charge in [-0.2, -0.15) is 0 Å². The maximum absolute atomic E-state index is 12.2. The third kappa shape index (κ3) is 4.23. The van der Waals surface area contributed by atoms with Gasteiger partial charge in [0, 0.05) is 38.2 Å². The number of carbonyl (C=O) groups excluding carboxylic acids is 1. The fourth-order valence-electron chi connectivity index (χ4n) is 3.08. The van der Waals surface area contributed by atoms with Gasteiger partial charge in [0.15, 0.2) is 5.58 Å². The van der Waals surface area contributed by atoms with Crippen LogP contribution in [0.3, 0.4) is 0 Å². The van der Waals surface area contributed by atoms with Gasteiger partial charge in [0.2, 0.25) is 5.91 Å². The van der Waals surface area contributed by atoms with Crippen LogP contribution in [-0.4, -0.2) is 39.4 Å². The van der Waals surface area contributed by atoms with E-state index < -0.39 is 10.7 Å². The molecule has 1 saturated heterocycles. The molecule has 1 aliphatic heterocycles. The fourth-order valence-corrected chi connectivity index (χ4v) is 3.08. The van der Waals surface area contributed by atoms with E-state index in [9.17, 15) is 19.7 Å². The Labute approximate surface area is 155 Å². The number of carbonyl (C=O) groups is 1. The van der Waals surface area contributed by atoms with Gasteiger partial charge in [0.1, 0.15) is 0 Å². The Kier molecular flexibility index (Phi) is 6.38. The second kappa shape index (κ2) is 8.33. The topological polar surface area (TPSA) is 125 Å². The van der Waals surface area contributed by atoms with E-state index in [4.69, 9.17) is 10.2 Å². The molecule has 1 aromatic heterocycles. The number of fused-ring (bicyclic) bond motifs is 1. The SMILES string of the molecule is Cl.NC1CCN(C(=O)CCCn2c(=O)oc3cc([N+](=O)[O-])ccc32)CC1. The van der Waals surface area contributed by atoms with Gasteiger partial charge in [-0.1, -0.05) is 0 Å². The molecule has 9 nitrogen and oxygen atoms in total. The number of piperidine rings is 1. The van der Waals surface area contributed by atoms with Crippen LogP contribution in [0.1, 0.15) is 25.7 Å². The minimum atomic E-state index is -0.577. The van der Waals surface area contributed by atoms with Crippen molar-refractivity contribution in [1.29, 1.82) is 0 Å². The summed E-state index contributed by atoms with van der Waals surface area (Å²) < 4.78 is 6.47. The third-order valence-corrected chi connectivity index (χ3v) is 4.53. The quantitative estimate of drug-likeness (QED) is 0.617. The molecule has 2 heterocycles. The second-order valence-corrected chi connectivity index (χ2v) is 6.25. The van der Waals surface area contributed by atoms with Crippen molar-refractivity contribution in [2.24, 2.45) is 5.73 Å². The number of nitrogens with two attached hydrogens (primary N) is 1. The van der Waals surface area contributed by atoms with Crippen molar-refractivity contribution in [3.63, 3.8) is 0 Å². The average molecular weight is 385 g/mol. The zero-order chi connectivity index (χ0) is 18.0. The number of hydrogen-bond acceptors (Lipinski definition) is 6. The summed E-state index contributed by atoms with van der Waals surface area (Å²) in [5.41, 5.74) is 6.37. The molecule has 0 unspecified atom stereocenters. The number of amides is 1. The van der Waals surface area contributed by atoms with E-state index in [1.807, 2.05) is 4.90 Å². The predicted octanol–water partition coefficient (Wildman–Crippen LogP) is 1.65. The molecule has 10 heteroatoms. The van der Waals surface area contributed by atoms with Crippen LogP contribution in [0, 0.1) is 10.1 Å². The lowest BCUT2D eigenvalue weighted by atomic mass is 10.1. The predicted molar refractivity (Wildman–Crippen MR) is 97.4 cm³/mol. The summed E-state index contributed by atoms with van der Waals surface area (Å²) in [6, 6.07) is 4.22. The van der Waals surface area contributed by atoms with Crippen molar-refractivity contribution in [2.45, 2.75) is 38.3 Å². The molecule has 0 saturated carbocycles. The highest BCUT2D eigenvalue weighted by Gasteiger charge is 2.20. The van der Waals surface area contributed by atoms with Gasteiger partial charge in [-0.3, -0.25) is 19.5 Å². The fraction of sp³-hybridized carbons (Fsp3) is 0.500. The molecule has 142 valence electrons. The van der Waals surface area contributed by atoms with Crippen LogP contribution in [0.25, 0.3) is 11.1 Å². The van der Waals surface area contributed by atoms with Crippen LogP contribution >= 0.6 is 12.4 Å². The highest BCUT2D eigenvalue weighted by molar-refractivity contribution is 5.85. The van der Waals surface area contributed by atoms with Gasteiger partial charge >= 0.3 is 5.76 Å². The number of nitro benzene ring substituents is 1. The van der Waals surface area contributed by atoms with E-state index in [1.165, 1.54) is 22.8 Å². The number of nitro groups is 1. The first-order valence-electron chi connectivity index (χ1n) is 8.27. The molecule has 0 bridgehead atoms. The Balaban J connectivity index is 0.00000243. The van der Waals surface area contributed by atoms with Crippen molar-refractivity contribution >= 4 is 35.1 Å². The zero-order valence-electron chi connectivity index (χ0n) is 14.1. The van der Waals surface area contributed by atoms with Crippen LogP contribution in [0.4, 0.5) is 5.69 Å². The third-order valence-electron chi connectivity index (χ3n) is 4.53. The first kappa shape index (κ1) is 19.9. The zero-order valence-corrected chi connectivity index (χ0v) is 14.9. The van der Waals surface area contributed by atoms with Gasteiger partial charge in [-0.15, -0.1) is 12.4 Å². The highest BCUT2D eigenvalue weighted by Crippen LogP contribution is 2.20. The maximum Gasteiger partial charge on any atom is 0.419 e. The van der Waals surface area contributed by atoms with Gasteiger partial charge < -0.3 is 15.1 Å². The first-order chi connectivity index (χ1) is 12.0. The largest absolute Gasteiger partial charge is 0.419 e. The van der Waals surface area contributed by atoms with Gasteiger partial charge in [-0.25, -0.2) is 4.79 Å². The lowest BCUT2D eigenvalue weighted by molar-refractivity contribution is -0.384. The molecule has 1 fully saturated rings. The smallest absolute Gasteiger partial charge is 0.407 e. The average Bonchev–Trinajstić information content (AvgIpc) is 2.90. The summed E-state index contributed by atoms with van der Waals surface area (Å²) >= 11 is 0. The molecule has 0 spiro atoms. The Morgan fingerprint density at radius 2 is 2.04 bits per heavy atom. The van der Waals surface area contributed by atoms with Gasteiger partial charge in [0.05, 0.1) is 16.5 Å². The second-order valence-electron chi connectivity index (χ2n) is 6.25. The van der Waals surface area contributed by atoms with E-state index >= 15 is 0 Å². The normalized spacial score (nSPS) is 15.0. The van der Waals surface area contributed by atoms with E-state index in [0.717, 1.165) is 12.8 Å². The van der Waals surface area contributed by atoms with Crippen molar-refractivity contribution in [2.75, 3.05) is 13.1 Å². The minimum Gasteiger partial charge on any atom is -0.407 e. The summed E-state index contributed by atoms with van der Waals surface area (Å²) in [6.07, 6.45) is 2.46. The Hall–Kier alpha value is -2.39. The number of aryl methyl sites for hydroxylation is 1. The number of aromatic nitrogens is 1. The van der Waals surface area contributed by atoms with Crippen LogP contribution in [0.15, 0.2) is 27.4 Å². The molecule has 2 N–H and O–H groups in total. The molecule has 26 heavy (non-hydrogen) atoms. The Bertz CT molecular complexity index is 854. The highest BCUT2D eigenvalue weighted by atomic mass is 35.5. The molecule has 1 aromatic carbocycles. The first-order valence-corrected chi connectivity index (χ1v) is 8.27. The van der Waals surface area contributed by atoms with Crippen LogP contribution in [0.5, 0.6) is 0 Å². The number of halogens is 1. The number of oxazole rings is 1. The van der Waals surface area contributed by atoms with E-state index in [2.05, 4.69) is 0 Å². The molecular formula is C16H21ClN4O5. The van der Waals surface area contributed by atoms with Crippen LogP contribution < -0.4 is 11.5 Å². The monoisotopic (exact) mass is 384 g/mol. The summed E-state index contributed by atoms with van der Waals surface area (Å²) in [4.78, 5) is 36.2. The van der Waals surface area contributed by atoms with E-state index in [-0.39, 0.29) is 35.6 Å². The number of hydrogen-bond donors (Lipinski definition) is 1. The molecule has 0 atom stereocenters. The van der Waals surface area contributed by atoms with Crippen molar-refractivity contribution in [3.05, 3.63) is 38.9 Å². The Morgan fingerprint density at radius 1 is 1.35 bits per heavy atom. The molecule has 3 rings (SSSR count).